The van der Waals surface area contributed by atoms with E-state index in [1.807, 2.05) is 30.3 Å². The van der Waals surface area contributed by atoms with Gasteiger partial charge < -0.3 is 15.0 Å². The van der Waals surface area contributed by atoms with Gasteiger partial charge in [-0.05, 0) is 61.8 Å². The van der Waals surface area contributed by atoms with E-state index in [9.17, 15) is 0 Å². The SMILES string of the molecule is COc1cccc(-c2cccc3[nH]c(-c4n[nH]c5ccc(C6CCNCC6)nc45)nc23)c1. The summed E-state index contributed by atoms with van der Waals surface area (Å²) in [7, 11) is 1.68. The number of benzene rings is 2. The van der Waals surface area contributed by atoms with Gasteiger partial charge in [-0.15, -0.1) is 0 Å². The molecule has 0 aliphatic carbocycles. The first kappa shape index (κ1) is 19.0. The van der Waals surface area contributed by atoms with E-state index < -0.39 is 0 Å². The minimum Gasteiger partial charge on any atom is -0.497 e. The molecule has 1 fully saturated rings. The number of fused-ring (bicyclic) bond motifs is 2. The lowest BCUT2D eigenvalue weighted by Gasteiger charge is -2.22. The second-order valence-electron chi connectivity index (χ2n) is 8.25. The summed E-state index contributed by atoms with van der Waals surface area (Å²) in [4.78, 5) is 13.4. The molecule has 0 unspecified atom stereocenters. The molecule has 1 aliphatic rings. The number of aromatic amines is 2. The van der Waals surface area contributed by atoms with Gasteiger partial charge in [0.15, 0.2) is 11.5 Å². The summed E-state index contributed by atoms with van der Waals surface area (Å²) < 4.78 is 5.41. The van der Waals surface area contributed by atoms with Gasteiger partial charge in [0.25, 0.3) is 0 Å². The van der Waals surface area contributed by atoms with Crippen molar-refractivity contribution >= 4 is 22.1 Å². The van der Waals surface area contributed by atoms with Crippen LogP contribution in [0.4, 0.5) is 0 Å². The Labute approximate surface area is 185 Å². The van der Waals surface area contributed by atoms with Crippen molar-refractivity contribution in [3.05, 3.63) is 60.3 Å². The van der Waals surface area contributed by atoms with E-state index in [2.05, 4.69) is 44.8 Å². The average molecular weight is 425 g/mol. The van der Waals surface area contributed by atoms with Crippen molar-refractivity contribution in [3.8, 4) is 28.4 Å². The van der Waals surface area contributed by atoms with Crippen LogP contribution in [0, 0.1) is 0 Å². The fourth-order valence-corrected chi connectivity index (χ4v) is 4.59. The van der Waals surface area contributed by atoms with Crippen LogP contribution in [0.1, 0.15) is 24.5 Å². The molecule has 2 aromatic carbocycles. The monoisotopic (exact) mass is 424 g/mol. The van der Waals surface area contributed by atoms with Crippen LogP contribution in [-0.2, 0) is 0 Å². The maximum absolute atomic E-state index is 5.41. The van der Waals surface area contributed by atoms with Gasteiger partial charge in [0, 0.05) is 17.2 Å². The predicted molar refractivity (Wildman–Crippen MR) is 126 cm³/mol. The summed E-state index contributed by atoms with van der Waals surface area (Å²) in [5, 5.41) is 11.1. The molecule has 7 nitrogen and oxygen atoms in total. The number of pyridine rings is 1. The number of ether oxygens (including phenoxy) is 1. The predicted octanol–water partition coefficient (Wildman–Crippen LogP) is 4.64. The molecule has 32 heavy (non-hydrogen) atoms. The number of hydrogen-bond acceptors (Lipinski definition) is 5. The minimum atomic E-state index is 0.485. The Bertz CT molecular complexity index is 1410. The van der Waals surface area contributed by atoms with Crippen molar-refractivity contribution in [1.82, 2.24) is 30.5 Å². The van der Waals surface area contributed by atoms with Gasteiger partial charge in [0.1, 0.15) is 11.3 Å². The molecule has 0 spiro atoms. The Kier molecular flexibility index (Phi) is 4.61. The van der Waals surface area contributed by atoms with E-state index in [1.165, 1.54) is 0 Å². The lowest BCUT2D eigenvalue weighted by atomic mass is 9.94. The smallest absolute Gasteiger partial charge is 0.161 e. The van der Waals surface area contributed by atoms with Crippen LogP contribution >= 0.6 is 0 Å². The number of methoxy groups -OCH3 is 1. The zero-order valence-corrected chi connectivity index (χ0v) is 17.9. The Balaban J connectivity index is 1.45. The summed E-state index contributed by atoms with van der Waals surface area (Å²) in [6, 6.07) is 18.4. The molecular formula is C25H24N6O. The third kappa shape index (κ3) is 3.22. The molecule has 4 heterocycles. The zero-order valence-electron chi connectivity index (χ0n) is 17.9. The van der Waals surface area contributed by atoms with E-state index in [4.69, 9.17) is 14.7 Å². The van der Waals surface area contributed by atoms with Crippen molar-refractivity contribution in [2.75, 3.05) is 20.2 Å². The first-order valence-electron chi connectivity index (χ1n) is 11.0. The van der Waals surface area contributed by atoms with Crippen molar-refractivity contribution in [2.45, 2.75) is 18.8 Å². The lowest BCUT2D eigenvalue weighted by Crippen LogP contribution is -2.27. The number of rotatable bonds is 4. The van der Waals surface area contributed by atoms with Crippen molar-refractivity contribution in [1.29, 1.82) is 0 Å². The second-order valence-corrected chi connectivity index (χ2v) is 8.25. The van der Waals surface area contributed by atoms with E-state index in [0.717, 1.165) is 82.1 Å². The Morgan fingerprint density at radius 1 is 0.906 bits per heavy atom. The molecule has 0 radical (unpaired) electrons. The number of imidazole rings is 1. The molecule has 1 saturated heterocycles. The molecule has 7 heteroatoms. The van der Waals surface area contributed by atoms with E-state index in [-0.39, 0.29) is 0 Å². The lowest BCUT2D eigenvalue weighted by molar-refractivity contribution is 0.415. The van der Waals surface area contributed by atoms with E-state index >= 15 is 0 Å². The molecule has 0 amide bonds. The van der Waals surface area contributed by atoms with Crippen molar-refractivity contribution < 1.29 is 4.74 Å². The van der Waals surface area contributed by atoms with Crippen molar-refractivity contribution in [2.24, 2.45) is 0 Å². The van der Waals surface area contributed by atoms with Crippen LogP contribution in [0.15, 0.2) is 54.6 Å². The Hall–Kier alpha value is -3.71. The standard InChI is InChI=1S/C25H24N6O/c1-32-17-5-2-4-16(14-17)18-6-3-7-20-22(18)29-25(28-20)24-23-21(30-31-24)9-8-19(27-23)15-10-12-26-13-11-15/h2-9,14-15,26H,10-13H2,1H3,(H,28,29)(H,30,31). The van der Waals surface area contributed by atoms with Gasteiger partial charge in [-0.1, -0.05) is 24.3 Å². The summed E-state index contributed by atoms with van der Waals surface area (Å²) >= 11 is 0. The highest BCUT2D eigenvalue weighted by Gasteiger charge is 2.20. The number of piperidine rings is 1. The van der Waals surface area contributed by atoms with Gasteiger partial charge in [0.2, 0.25) is 0 Å². The number of nitrogens with zero attached hydrogens (tertiary/aromatic N) is 3. The number of para-hydroxylation sites is 1. The second kappa shape index (κ2) is 7.76. The maximum Gasteiger partial charge on any atom is 0.161 e. The third-order valence-electron chi connectivity index (χ3n) is 6.30. The molecule has 3 N–H and O–H groups in total. The number of nitrogens with one attached hydrogen (secondary N) is 3. The number of hydrogen-bond donors (Lipinski definition) is 3. The normalized spacial score (nSPS) is 14.9. The summed E-state index contributed by atoms with van der Waals surface area (Å²) in [5.41, 5.74) is 7.65. The minimum absolute atomic E-state index is 0.485. The van der Waals surface area contributed by atoms with Gasteiger partial charge >= 0.3 is 0 Å². The van der Waals surface area contributed by atoms with Gasteiger partial charge in [-0.3, -0.25) is 5.10 Å². The molecule has 6 rings (SSSR count). The topological polar surface area (TPSA) is 91.5 Å². The van der Waals surface area contributed by atoms with Crippen molar-refractivity contribution in [3.63, 3.8) is 0 Å². The highest BCUT2D eigenvalue weighted by molar-refractivity contribution is 5.96. The fourth-order valence-electron chi connectivity index (χ4n) is 4.59. The van der Waals surface area contributed by atoms with Crippen LogP contribution < -0.4 is 10.1 Å². The third-order valence-corrected chi connectivity index (χ3v) is 6.30. The largest absolute Gasteiger partial charge is 0.497 e. The summed E-state index contributed by atoms with van der Waals surface area (Å²) in [5.74, 6) is 2.03. The van der Waals surface area contributed by atoms with Crippen LogP contribution in [-0.4, -0.2) is 45.3 Å². The number of H-pyrrole nitrogens is 2. The Morgan fingerprint density at radius 3 is 2.66 bits per heavy atom. The first-order chi connectivity index (χ1) is 15.8. The number of aromatic nitrogens is 5. The molecule has 160 valence electrons. The summed E-state index contributed by atoms with van der Waals surface area (Å²) in [6.07, 6.45) is 2.22. The van der Waals surface area contributed by atoms with Crippen LogP contribution in [0.25, 0.3) is 44.7 Å². The molecule has 0 saturated carbocycles. The molecule has 0 bridgehead atoms. The van der Waals surface area contributed by atoms with Gasteiger partial charge in [-0.25, -0.2) is 9.97 Å². The average Bonchev–Trinajstić information content (AvgIpc) is 3.48. The van der Waals surface area contributed by atoms with E-state index in [1.54, 1.807) is 7.11 Å². The Morgan fingerprint density at radius 2 is 1.78 bits per heavy atom. The molecule has 3 aromatic heterocycles. The molecule has 5 aromatic rings. The quantitative estimate of drug-likeness (QED) is 0.391. The van der Waals surface area contributed by atoms with Crippen LogP contribution in [0.3, 0.4) is 0 Å². The highest BCUT2D eigenvalue weighted by Crippen LogP contribution is 2.33. The summed E-state index contributed by atoms with van der Waals surface area (Å²) in [6.45, 7) is 2.08. The first-order valence-corrected chi connectivity index (χ1v) is 11.0. The van der Waals surface area contributed by atoms with Gasteiger partial charge in [0.05, 0.1) is 23.7 Å². The van der Waals surface area contributed by atoms with Gasteiger partial charge in [-0.2, -0.15) is 5.10 Å². The zero-order chi connectivity index (χ0) is 21.5. The maximum atomic E-state index is 5.41. The highest BCUT2D eigenvalue weighted by atomic mass is 16.5. The van der Waals surface area contributed by atoms with E-state index in [0.29, 0.717) is 5.92 Å². The molecule has 0 atom stereocenters. The van der Waals surface area contributed by atoms with Crippen LogP contribution in [0.2, 0.25) is 0 Å². The fraction of sp³-hybridized carbons (Fsp3) is 0.240. The van der Waals surface area contributed by atoms with Crippen LogP contribution in [0.5, 0.6) is 5.75 Å². The molecule has 1 aliphatic heterocycles. The molecular weight excluding hydrogens is 400 g/mol.